The second-order valence-electron chi connectivity index (χ2n) is 25.8. The molecule has 2 fully saturated rings. The van der Waals surface area contributed by atoms with Crippen LogP contribution in [-0.2, 0) is 71.2 Å². The quantitative estimate of drug-likeness (QED) is 0.0251. The van der Waals surface area contributed by atoms with Gasteiger partial charge in [-0.1, -0.05) is 75.2 Å². The summed E-state index contributed by atoms with van der Waals surface area (Å²) in [5.41, 5.74) is -0.0744. The molecule has 0 aromatic heterocycles. The maximum Gasteiger partial charge on any atom is 0.342 e. The van der Waals surface area contributed by atoms with Gasteiger partial charge in [0.25, 0.3) is 0 Å². The summed E-state index contributed by atoms with van der Waals surface area (Å²) in [6.45, 7) is 31.1. The largest absolute Gasteiger partial charge is 0.497 e. The highest BCUT2D eigenvalue weighted by molar-refractivity contribution is 6.76. The molecule has 0 bridgehead atoms. The number of aliphatic hydroxyl groups is 1. The number of hydrogen-bond acceptors (Lipinski definition) is 22. The molecule has 0 aliphatic carbocycles. The molecule has 0 spiro atoms. The average molecular weight is 1290 g/mol. The van der Waals surface area contributed by atoms with Gasteiger partial charge in [-0.15, -0.1) is 0 Å². The van der Waals surface area contributed by atoms with E-state index >= 15 is 0 Å². The number of benzene rings is 2. The Morgan fingerprint density at radius 2 is 0.954 bits per heavy atom. The highest BCUT2D eigenvalue weighted by Crippen LogP contribution is 2.37. The molecule has 2 aliphatic heterocycles. The van der Waals surface area contributed by atoms with E-state index in [2.05, 4.69) is 44.0 Å². The lowest BCUT2D eigenvalue weighted by molar-refractivity contribution is -0.168. The number of carbonyl (C=O) groups excluding carboxylic acids is 4. The predicted octanol–water partition coefficient (Wildman–Crippen LogP) is 10.8. The van der Waals surface area contributed by atoms with Gasteiger partial charge in [0, 0.05) is 56.7 Å². The van der Waals surface area contributed by atoms with E-state index in [0.717, 1.165) is 12.1 Å². The Kier molecular flexibility index (Phi) is 32.7. The Morgan fingerprint density at radius 1 is 0.575 bits per heavy atom. The fourth-order valence-corrected chi connectivity index (χ4v) is 9.32. The van der Waals surface area contributed by atoms with E-state index in [-0.39, 0.29) is 74.8 Å². The third-order valence-corrected chi connectivity index (χ3v) is 16.1. The molecular weight excluding hydrogens is 1190 g/mol. The molecule has 2 aliphatic rings. The minimum atomic E-state index is -1.44. The van der Waals surface area contributed by atoms with Crippen LogP contribution in [0, 0.1) is 10.8 Å². The predicted molar refractivity (Wildman–Crippen MR) is 335 cm³/mol. The van der Waals surface area contributed by atoms with Crippen LogP contribution in [0.5, 0.6) is 23.0 Å². The number of methoxy groups -OCH3 is 6. The van der Waals surface area contributed by atoms with Gasteiger partial charge in [0.2, 0.25) is 0 Å². The first-order chi connectivity index (χ1) is 40.4. The van der Waals surface area contributed by atoms with Gasteiger partial charge in [0.05, 0.1) is 38.3 Å². The summed E-state index contributed by atoms with van der Waals surface area (Å²) in [5.74, 6) is -2.42. The van der Waals surface area contributed by atoms with E-state index in [1.807, 2.05) is 0 Å². The van der Waals surface area contributed by atoms with E-state index < -0.39 is 87.1 Å². The van der Waals surface area contributed by atoms with Gasteiger partial charge in [0.15, 0.2) is 25.2 Å². The molecule has 496 valence electrons. The molecule has 22 nitrogen and oxygen atoms in total. The summed E-state index contributed by atoms with van der Waals surface area (Å²) >= 11 is 4.96. The third-order valence-electron chi connectivity index (χ3n) is 12.4. The second-order valence-corrected chi connectivity index (χ2v) is 37.3. The fourth-order valence-electron chi connectivity index (χ4n) is 7.89. The number of esters is 4. The number of carbonyl (C=O) groups is 4. The Labute approximate surface area is 523 Å². The summed E-state index contributed by atoms with van der Waals surface area (Å²) in [6.07, 6.45) is 1.79. The number of ether oxygens (including phenoxy) is 17. The molecule has 4 rings (SSSR count). The van der Waals surface area contributed by atoms with Gasteiger partial charge in [-0.3, -0.25) is 9.59 Å². The van der Waals surface area contributed by atoms with E-state index in [4.69, 9.17) is 87.4 Å². The zero-order chi connectivity index (χ0) is 66.1. The van der Waals surface area contributed by atoms with E-state index in [1.165, 1.54) is 41.6 Å². The van der Waals surface area contributed by atoms with E-state index in [9.17, 15) is 24.3 Å². The lowest BCUT2D eigenvalue weighted by atomic mass is 9.97. The average Bonchev–Trinajstić information content (AvgIpc) is 4.16. The highest BCUT2D eigenvalue weighted by Gasteiger charge is 2.47. The molecule has 2 aromatic carbocycles. The minimum Gasteiger partial charge on any atom is -0.497 e. The Bertz CT molecular complexity index is 2510. The maximum absolute atomic E-state index is 13.4. The fraction of sp³-hybridized carbons (Fsp3) is 0.677. The number of halogens is 1. The third kappa shape index (κ3) is 28.4. The number of aliphatic hydroxyl groups excluding tert-OH is 1. The minimum absolute atomic E-state index is 0.0340. The van der Waals surface area contributed by atoms with Crippen molar-refractivity contribution >= 4 is 63.8 Å². The molecule has 2 unspecified atom stereocenters. The monoisotopic (exact) mass is 1290 g/mol. The van der Waals surface area contributed by atoms with Gasteiger partial charge in [-0.25, -0.2) is 9.59 Å². The van der Waals surface area contributed by atoms with E-state index in [1.54, 1.807) is 119 Å². The van der Waals surface area contributed by atoms with Crippen molar-refractivity contribution in [2.75, 3.05) is 95.5 Å². The SMILES string of the molecule is COCCl.COCOc1cc(OC)cc(/C=C/C(O)[C@@H]2OC(C)(C)O[C@@H]2COC(=O)C(C)(C)C)c1C(=O)OCC[Si](C)(C)C.COCOc1cc(OC)cc(/C=C/C(OCOC)[C@@H]2OC(C)(C)O[C@@H]2COC(=O)C(C)(C)C)c1C(=O)OCC[Si](C)(C)C. The number of rotatable bonds is 30. The van der Waals surface area contributed by atoms with Crippen LogP contribution in [0.2, 0.25) is 51.4 Å². The number of alkyl halides is 1. The molecule has 2 aromatic rings. The Balaban J connectivity index is 0.000000560. The summed E-state index contributed by atoms with van der Waals surface area (Å²) in [4.78, 5) is 51.5. The Hall–Kier alpha value is -4.68. The van der Waals surface area contributed by atoms with Crippen molar-refractivity contribution in [1.82, 2.24) is 0 Å². The first kappa shape index (κ1) is 78.4. The zero-order valence-electron chi connectivity index (χ0n) is 55.6. The van der Waals surface area contributed by atoms with Crippen molar-refractivity contribution < 1.29 is 105 Å². The second kappa shape index (κ2) is 36.2. The molecule has 0 amide bonds. The summed E-state index contributed by atoms with van der Waals surface area (Å²) in [6, 6.07) is 8.46. The highest BCUT2D eigenvalue weighted by atomic mass is 35.5. The van der Waals surface area contributed by atoms with Gasteiger partial charge >= 0.3 is 23.9 Å². The lowest BCUT2D eigenvalue weighted by Crippen LogP contribution is -2.40. The van der Waals surface area contributed by atoms with Crippen LogP contribution in [0.4, 0.5) is 0 Å². The van der Waals surface area contributed by atoms with Crippen molar-refractivity contribution in [3.8, 4) is 23.0 Å². The molecule has 87 heavy (non-hydrogen) atoms. The molecule has 1 N–H and O–H groups in total. The smallest absolute Gasteiger partial charge is 0.342 e. The van der Waals surface area contributed by atoms with Crippen LogP contribution in [0.3, 0.4) is 0 Å². The van der Waals surface area contributed by atoms with Gasteiger partial charge in [0.1, 0.15) is 96.8 Å². The topological polar surface area (TPSA) is 245 Å². The normalized spacial score (nSPS) is 19.0. The first-order valence-corrected chi connectivity index (χ1v) is 36.6. The van der Waals surface area contributed by atoms with Crippen molar-refractivity contribution in [2.45, 2.75) is 169 Å². The van der Waals surface area contributed by atoms with Crippen LogP contribution in [-0.4, -0.2) is 189 Å². The molecule has 6 atom stereocenters. The summed E-state index contributed by atoms with van der Waals surface area (Å²) in [7, 11) is 6.18. The summed E-state index contributed by atoms with van der Waals surface area (Å²) < 4.78 is 94.5. The van der Waals surface area contributed by atoms with Crippen LogP contribution in [0.1, 0.15) is 101 Å². The van der Waals surface area contributed by atoms with Gasteiger partial charge < -0.3 is 85.6 Å². The van der Waals surface area contributed by atoms with Crippen LogP contribution >= 0.6 is 11.6 Å². The van der Waals surface area contributed by atoms with Crippen molar-refractivity contribution in [2.24, 2.45) is 10.8 Å². The molecular formula is C62H101ClO22Si2. The van der Waals surface area contributed by atoms with Crippen LogP contribution in [0.25, 0.3) is 12.2 Å². The molecule has 2 heterocycles. The maximum atomic E-state index is 13.4. The van der Waals surface area contributed by atoms with Crippen molar-refractivity contribution in [3.05, 3.63) is 58.7 Å². The molecule has 0 radical (unpaired) electrons. The van der Waals surface area contributed by atoms with Crippen LogP contribution < -0.4 is 18.9 Å². The van der Waals surface area contributed by atoms with Gasteiger partial charge in [-0.05, 0) is 105 Å². The standard InChI is InChI=1S/C31H50O11Si.C29H46O10Si.C2H5ClO/c1-30(2,3)29(33)38-18-25-27(42-31(4,5)41-25)23(39-19-34-6)13-12-21-16-22(36-8)17-24(40-20-35-7)26(21)28(32)37-14-15-43(9,10)11;1-28(2,3)27(32)36-17-23-25(39-29(4,5)38-23)21(30)12-11-19-15-20(34-7)16-22(37-18-33-6)24(19)26(31)35-13-14-40(8,9)10;1-4-2-3/h12-13,16-17,23,25,27H,14-15,18-20H2,1-11H3;11-12,15-16,21,23,25,30H,13-14,17-18H2,1-10H3;2H2,1H3/b13-12+;12-11+;/t23?,25-,27+;21?,23-,25+;/m11./s1. The number of hydrogen-bond donors (Lipinski definition) is 1. The zero-order valence-corrected chi connectivity index (χ0v) is 58.3. The first-order valence-electron chi connectivity index (χ1n) is 28.7. The Morgan fingerprint density at radius 3 is 1.31 bits per heavy atom. The lowest BCUT2D eigenvalue weighted by Gasteiger charge is -2.25. The molecule has 0 saturated carbocycles. The van der Waals surface area contributed by atoms with Crippen LogP contribution in [0.15, 0.2) is 36.4 Å². The van der Waals surface area contributed by atoms with Gasteiger partial charge in [-0.2, -0.15) is 0 Å². The van der Waals surface area contributed by atoms with Crippen molar-refractivity contribution in [1.29, 1.82) is 0 Å². The molecule has 2 saturated heterocycles. The van der Waals surface area contributed by atoms with E-state index in [0.29, 0.717) is 35.3 Å². The molecule has 25 heteroatoms. The summed E-state index contributed by atoms with van der Waals surface area (Å²) in [5, 5.41) is 11.1. The van der Waals surface area contributed by atoms with Crippen molar-refractivity contribution in [3.63, 3.8) is 0 Å².